The Bertz CT molecular complexity index is 660. The number of amides is 1. The summed E-state index contributed by atoms with van der Waals surface area (Å²) in [4.78, 5) is 34.3. The SMILES string of the molecule is NC(=O)OC[C@@H]1C(=O)[C@H]2N[C@H]2CNc2cc(C=O)cc(O)c21. The third-order valence-corrected chi connectivity index (χ3v) is 3.91. The molecule has 2 aliphatic heterocycles. The number of Topliss-reactive ketones (excluding diaryl/α,β-unsaturated/α-hetero) is 1. The van der Waals surface area contributed by atoms with Crippen LogP contribution in [0.3, 0.4) is 0 Å². The number of anilines is 1. The van der Waals surface area contributed by atoms with E-state index in [9.17, 15) is 19.5 Å². The van der Waals surface area contributed by atoms with E-state index >= 15 is 0 Å². The summed E-state index contributed by atoms with van der Waals surface area (Å²) in [6.45, 7) is 0.232. The number of carbonyl (C=O) groups is 3. The molecule has 22 heavy (non-hydrogen) atoms. The molecule has 5 N–H and O–H groups in total. The second kappa shape index (κ2) is 5.30. The van der Waals surface area contributed by atoms with Crippen LogP contribution < -0.4 is 16.4 Å². The number of nitrogens with two attached hydrogens (primary N) is 1. The number of ketones is 1. The summed E-state index contributed by atoms with van der Waals surface area (Å²) >= 11 is 0. The number of fused-ring (bicyclic) bond motifs is 2. The minimum absolute atomic E-state index is 0.0150. The molecule has 1 amide bonds. The highest BCUT2D eigenvalue weighted by molar-refractivity contribution is 5.97. The molecule has 116 valence electrons. The Balaban J connectivity index is 2.04. The fourth-order valence-electron chi connectivity index (χ4n) is 2.78. The number of rotatable bonds is 3. The van der Waals surface area contributed by atoms with E-state index in [1.165, 1.54) is 6.07 Å². The Morgan fingerprint density at radius 2 is 2.27 bits per heavy atom. The summed E-state index contributed by atoms with van der Waals surface area (Å²) in [5.74, 6) is -1.22. The van der Waals surface area contributed by atoms with Gasteiger partial charge in [0.2, 0.25) is 0 Å². The molecule has 2 aliphatic rings. The van der Waals surface area contributed by atoms with Crippen LogP contribution in [0.1, 0.15) is 21.8 Å². The third kappa shape index (κ3) is 2.48. The molecule has 0 spiro atoms. The van der Waals surface area contributed by atoms with Gasteiger partial charge in [0.1, 0.15) is 18.6 Å². The van der Waals surface area contributed by atoms with Crippen molar-refractivity contribution in [2.24, 2.45) is 5.73 Å². The van der Waals surface area contributed by atoms with Gasteiger partial charge in [-0.1, -0.05) is 0 Å². The highest BCUT2D eigenvalue weighted by Crippen LogP contribution is 2.38. The molecule has 1 saturated heterocycles. The van der Waals surface area contributed by atoms with Crippen LogP contribution in [0.2, 0.25) is 0 Å². The maximum atomic E-state index is 12.5. The molecular formula is C14H15N3O5. The van der Waals surface area contributed by atoms with E-state index in [-0.39, 0.29) is 35.8 Å². The second-order valence-corrected chi connectivity index (χ2v) is 5.34. The number of ether oxygens (including phenoxy) is 1. The number of nitrogens with one attached hydrogen (secondary N) is 2. The van der Waals surface area contributed by atoms with Gasteiger partial charge in [-0.15, -0.1) is 0 Å². The van der Waals surface area contributed by atoms with Crippen molar-refractivity contribution in [2.45, 2.75) is 18.0 Å². The Morgan fingerprint density at radius 1 is 1.50 bits per heavy atom. The molecule has 0 bridgehead atoms. The maximum Gasteiger partial charge on any atom is 0.404 e. The smallest absolute Gasteiger partial charge is 0.404 e. The lowest BCUT2D eigenvalue weighted by molar-refractivity contribution is -0.121. The summed E-state index contributed by atoms with van der Waals surface area (Å²) in [6.07, 6.45) is -0.385. The van der Waals surface area contributed by atoms with Crippen LogP contribution in [-0.4, -0.2) is 48.5 Å². The van der Waals surface area contributed by atoms with Crippen LogP contribution in [0.4, 0.5) is 10.5 Å². The van der Waals surface area contributed by atoms with Gasteiger partial charge in [0.25, 0.3) is 0 Å². The molecule has 3 rings (SSSR count). The van der Waals surface area contributed by atoms with E-state index in [1.54, 1.807) is 6.07 Å². The van der Waals surface area contributed by atoms with Crippen molar-refractivity contribution >= 4 is 23.9 Å². The third-order valence-electron chi connectivity index (χ3n) is 3.91. The quantitative estimate of drug-likeness (QED) is 0.444. The van der Waals surface area contributed by atoms with Crippen molar-refractivity contribution in [3.63, 3.8) is 0 Å². The van der Waals surface area contributed by atoms with Crippen molar-refractivity contribution in [1.29, 1.82) is 0 Å². The molecular weight excluding hydrogens is 290 g/mol. The zero-order valence-electron chi connectivity index (χ0n) is 11.5. The monoisotopic (exact) mass is 305 g/mol. The first-order valence-corrected chi connectivity index (χ1v) is 6.79. The van der Waals surface area contributed by atoms with Gasteiger partial charge in [-0.05, 0) is 12.1 Å². The highest BCUT2D eigenvalue weighted by Gasteiger charge is 2.47. The number of phenolic OH excluding ortho intramolecular Hbond substituents is 1. The molecule has 0 radical (unpaired) electrons. The van der Waals surface area contributed by atoms with Gasteiger partial charge in [-0.2, -0.15) is 0 Å². The summed E-state index contributed by atoms with van der Waals surface area (Å²) < 4.78 is 4.77. The van der Waals surface area contributed by atoms with Crippen molar-refractivity contribution < 1.29 is 24.2 Å². The van der Waals surface area contributed by atoms with Crippen molar-refractivity contribution in [1.82, 2.24) is 5.32 Å². The lowest BCUT2D eigenvalue weighted by Crippen LogP contribution is -2.30. The number of aromatic hydroxyl groups is 1. The maximum absolute atomic E-state index is 12.5. The molecule has 0 saturated carbocycles. The topological polar surface area (TPSA) is 141 Å². The molecule has 0 unspecified atom stereocenters. The van der Waals surface area contributed by atoms with Gasteiger partial charge in [-0.25, -0.2) is 4.79 Å². The molecule has 0 aromatic heterocycles. The number of primary amides is 1. The summed E-state index contributed by atoms with van der Waals surface area (Å²) in [7, 11) is 0. The molecule has 2 heterocycles. The van der Waals surface area contributed by atoms with E-state index in [1.807, 2.05) is 0 Å². The minimum Gasteiger partial charge on any atom is -0.508 e. The molecule has 1 fully saturated rings. The Kier molecular flexibility index (Phi) is 3.45. The Labute approximate surface area is 125 Å². The summed E-state index contributed by atoms with van der Waals surface area (Å²) in [5.41, 5.74) is 6.03. The van der Waals surface area contributed by atoms with Crippen molar-refractivity contribution in [3.8, 4) is 5.75 Å². The van der Waals surface area contributed by atoms with E-state index < -0.39 is 12.0 Å². The van der Waals surface area contributed by atoms with E-state index in [0.717, 1.165) is 0 Å². The fraction of sp³-hybridized carbons (Fsp3) is 0.357. The molecule has 1 aromatic rings. The predicted octanol–water partition coefficient (Wildman–Crippen LogP) is -0.281. The number of phenols is 1. The van der Waals surface area contributed by atoms with Gasteiger partial charge in [-0.3, -0.25) is 14.9 Å². The minimum atomic E-state index is -0.992. The Hall–Kier alpha value is -2.61. The first-order chi connectivity index (χ1) is 10.5. The molecule has 0 aliphatic carbocycles. The first-order valence-electron chi connectivity index (χ1n) is 6.79. The zero-order valence-corrected chi connectivity index (χ0v) is 11.5. The molecule has 3 atom stereocenters. The number of aldehydes is 1. The zero-order chi connectivity index (χ0) is 15.9. The fourth-order valence-corrected chi connectivity index (χ4v) is 2.78. The van der Waals surface area contributed by atoms with Crippen LogP contribution in [0.25, 0.3) is 0 Å². The first kappa shape index (κ1) is 14.3. The van der Waals surface area contributed by atoms with Crippen LogP contribution in [0.15, 0.2) is 12.1 Å². The largest absolute Gasteiger partial charge is 0.508 e. The standard InChI is InChI=1S/C14H15N3O5/c15-14(21)22-5-7-11-8(1-6(4-18)2-10(11)19)16-3-9-12(17-9)13(7)20/h1-2,4,7,9,12,16-17,19H,3,5H2,(H2,15,21)/t7-,9-,12-/m0/s1. The molecule has 8 heteroatoms. The van der Waals surface area contributed by atoms with E-state index in [0.29, 0.717) is 24.1 Å². The highest BCUT2D eigenvalue weighted by atomic mass is 16.5. The Morgan fingerprint density at radius 3 is 2.95 bits per heavy atom. The van der Waals surface area contributed by atoms with Gasteiger partial charge in [0, 0.05) is 29.4 Å². The van der Waals surface area contributed by atoms with Crippen LogP contribution >= 0.6 is 0 Å². The van der Waals surface area contributed by atoms with E-state index in [2.05, 4.69) is 10.6 Å². The average molecular weight is 305 g/mol. The van der Waals surface area contributed by atoms with Gasteiger partial charge in [0.05, 0.1) is 12.0 Å². The lowest BCUT2D eigenvalue weighted by atomic mass is 9.88. The average Bonchev–Trinajstić information content (AvgIpc) is 3.24. The van der Waals surface area contributed by atoms with Crippen LogP contribution in [0, 0.1) is 0 Å². The number of hydrogen-bond donors (Lipinski definition) is 4. The van der Waals surface area contributed by atoms with Gasteiger partial charge < -0.3 is 20.9 Å². The number of benzene rings is 1. The number of carbonyl (C=O) groups excluding carboxylic acids is 3. The van der Waals surface area contributed by atoms with Crippen LogP contribution in [0.5, 0.6) is 5.75 Å². The predicted molar refractivity (Wildman–Crippen MR) is 76.0 cm³/mol. The summed E-state index contributed by atoms with van der Waals surface area (Å²) in [5, 5.41) is 16.3. The van der Waals surface area contributed by atoms with Gasteiger partial charge in [0.15, 0.2) is 5.78 Å². The van der Waals surface area contributed by atoms with E-state index in [4.69, 9.17) is 10.5 Å². The van der Waals surface area contributed by atoms with Crippen molar-refractivity contribution in [2.75, 3.05) is 18.5 Å². The molecule has 1 aromatic carbocycles. The summed E-state index contributed by atoms with van der Waals surface area (Å²) in [6, 6.07) is 2.47. The van der Waals surface area contributed by atoms with Crippen molar-refractivity contribution in [3.05, 3.63) is 23.3 Å². The second-order valence-electron chi connectivity index (χ2n) is 5.34. The normalized spacial score (nSPS) is 25.8. The van der Waals surface area contributed by atoms with Crippen LogP contribution in [-0.2, 0) is 9.53 Å². The molecule has 8 nitrogen and oxygen atoms in total. The lowest BCUT2D eigenvalue weighted by Gasteiger charge is -2.23. The van der Waals surface area contributed by atoms with Gasteiger partial charge >= 0.3 is 6.09 Å². The number of hydrogen-bond acceptors (Lipinski definition) is 7.